The quantitative estimate of drug-likeness (QED) is 0.897. The Kier molecular flexibility index (Phi) is 5.04. The maximum atomic E-state index is 5.58. The highest BCUT2D eigenvalue weighted by atomic mass is 16.5. The Balaban J connectivity index is 2.30. The molecule has 0 aromatic carbocycles. The lowest BCUT2D eigenvalue weighted by Gasteiger charge is -2.39. The number of aromatic nitrogens is 2. The summed E-state index contributed by atoms with van der Waals surface area (Å²) in [5.74, 6) is 3.15. The Morgan fingerprint density at radius 2 is 2.20 bits per heavy atom. The number of hydrogen-bond donors (Lipinski definition) is 1. The molecule has 0 bridgehead atoms. The summed E-state index contributed by atoms with van der Waals surface area (Å²) in [6.45, 7) is 8.63. The van der Waals surface area contributed by atoms with Gasteiger partial charge in [-0.25, -0.2) is 9.97 Å². The third-order valence-electron chi connectivity index (χ3n) is 4.18. The van der Waals surface area contributed by atoms with Gasteiger partial charge in [0.25, 0.3) is 0 Å². The van der Waals surface area contributed by atoms with Crippen LogP contribution < -0.4 is 15.0 Å². The zero-order chi connectivity index (χ0) is 14.5. The third kappa shape index (κ3) is 2.97. The Morgan fingerprint density at radius 3 is 2.90 bits per heavy atom. The molecule has 0 saturated carbocycles. The molecule has 0 spiro atoms. The molecule has 1 fully saturated rings. The van der Waals surface area contributed by atoms with E-state index in [9.17, 15) is 0 Å². The summed E-state index contributed by atoms with van der Waals surface area (Å²) in [4.78, 5) is 11.1. The first-order valence-electron chi connectivity index (χ1n) is 7.58. The van der Waals surface area contributed by atoms with Gasteiger partial charge in [0, 0.05) is 19.1 Å². The number of ether oxygens (including phenoxy) is 1. The van der Waals surface area contributed by atoms with Crippen LogP contribution >= 0.6 is 0 Å². The van der Waals surface area contributed by atoms with Crippen molar-refractivity contribution < 1.29 is 4.74 Å². The van der Waals surface area contributed by atoms with Crippen LogP contribution in [0.3, 0.4) is 0 Å². The van der Waals surface area contributed by atoms with E-state index in [1.165, 1.54) is 12.8 Å². The number of nitrogens with zero attached hydrogens (tertiary/aromatic N) is 3. The predicted molar refractivity (Wildman–Crippen MR) is 82.6 cm³/mol. The number of rotatable bonds is 5. The summed E-state index contributed by atoms with van der Waals surface area (Å²) < 4.78 is 5.58. The predicted octanol–water partition coefficient (Wildman–Crippen LogP) is 2.93. The van der Waals surface area contributed by atoms with Crippen LogP contribution in [0.1, 0.15) is 40.0 Å². The van der Waals surface area contributed by atoms with Crippen LogP contribution in [0.25, 0.3) is 0 Å². The van der Waals surface area contributed by atoms with Crippen LogP contribution in [-0.4, -0.2) is 36.2 Å². The molecule has 2 unspecified atom stereocenters. The van der Waals surface area contributed by atoms with Crippen molar-refractivity contribution in [2.45, 2.75) is 46.1 Å². The number of piperidine rings is 1. The number of methoxy groups -OCH3 is 1. The Bertz CT molecular complexity index is 438. The molecule has 2 heterocycles. The van der Waals surface area contributed by atoms with E-state index in [2.05, 4.69) is 41.0 Å². The zero-order valence-corrected chi connectivity index (χ0v) is 13.0. The molecule has 0 aliphatic carbocycles. The first-order chi connectivity index (χ1) is 9.69. The van der Waals surface area contributed by atoms with Crippen LogP contribution in [0.5, 0.6) is 5.75 Å². The number of nitrogens with one attached hydrogen (secondary N) is 1. The Morgan fingerprint density at radius 1 is 1.40 bits per heavy atom. The summed E-state index contributed by atoms with van der Waals surface area (Å²) >= 11 is 0. The molecular weight excluding hydrogens is 252 g/mol. The SMILES string of the molecule is CCCNc1ncnc(N2CCCC(C)C2C)c1OC. The summed E-state index contributed by atoms with van der Waals surface area (Å²) in [6, 6.07) is 0.478. The van der Waals surface area contributed by atoms with Crippen molar-refractivity contribution in [3.8, 4) is 5.75 Å². The highest BCUT2D eigenvalue weighted by Gasteiger charge is 2.28. The normalized spacial score (nSPS) is 22.7. The topological polar surface area (TPSA) is 50.3 Å². The second kappa shape index (κ2) is 6.77. The van der Waals surface area contributed by atoms with Crippen molar-refractivity contribution in [2.75, 3.05) is 30.4 Å². The average molecular weight is 278 g/mol. The molecule has 5 nitrogen and oxygen atoms in total. The van der Waals surface area contributed by atoms with Crippen molar-refractivity contribution in [3.63, 3.8) is 0 Å². The molecule has 1 aromatic heterocycles. The van der Waals surface area contributed by atoms with E-state index in [0.717, 1.165) is 36.9 Å². The van der Waals surface area contributed by atoms with E-state index in [4.69, 9.17) is 4.74 Å². The van der Waals surface area contributed by atoms with E-state index in [1.54, 1.807) is 13.4 Å². The van der Waals surface area contributed by atoms with Gasteiger partial charge in [0.05, 0.1) is 7.11 Å². The fourth-order valence-electron chi connectivity index (χ4n) is 2.76. The minimum atomic E-state index is 0.478. The van der Waals surface area contributed by atoms with Gasteiger partial charge in [-0.3, -0.25) is 0 Å². The van der Waals surface area contributed by atoms with Crippen molar-refractivity contribution in [1.29, 1.82) is 0 Å². The molecule has 1 N–H and O–H groups in total. The summed E-state index contributed by atoms with van der Waals surface area (Å²) in [7, 11) is 1.69. The maximum absolute atomic E-state index is 5.58. The van der Waals surface area contributed by atoms with Crippen molar-refractivity contribution >= 4 is 11.6 Å². The highest BCUT2D eigenvalue weighted by molar-refractivity contribution is 5.65. The Hall–Kier alpha value is -1.52. The molecule has 20 heavy (non-hydrogen) atoms. The fraction of sp³-hybridized carbons (Fsp3) is 0.733. The molecule has 112 valence electrons. The summed E-state index contributed by atoms with van der Waals surface area (Å²) in [5.41, 5.74) is 0. The number of hydrogen-bond acceptors (Lipinski definition) is 5. The van der Waals surface area contributed by atoms with Crippen LogP contribution in [0.15, 0.2) is 6.33 Å². The minimum absolute atomic E-state index is 0.478. The smallest absolute Gasteiger partial charge is 0.204 e. The Labute approximate surface area is 121 Å². The first kappa shape index (κ1) is 14.9. The van der Waals surface area contributed by atoms with Gasteiger partial charge in [-0.2, -0.15) is 0 Å². The molecule has 0 amide bonds. The minimum Gasteiger partial charge on any atom is -0.490 e. The molecule has 1 aliphatic heterocycles. The monoisotopic (exact) mass is 278 g/mol. The van der Waals surface area contributed by atoms with Gasteiger partial charge < -0.3 is 15.0 Å². The summed E-state index contributed by atoms with van der Waals surface area (Å²) in [6.07, 6.45) is 5.17. The molecule has 1 aromatic rings. The first-order valence-corrected chi connectivity index (χ1v) is 7.58. The zero-order valence-electron chi connectivity index (χ0n) is 13.0. The standard InChI is InChI=1S/C15H26N4O/c1-5-8-16-14-13(20-4)15(18-10-17-14)19-9-6-7-11(2)12(19)3/h10-12H,5-9H2,1-4H3,(H,16,17,18). The number of anilines is 2. The van der Waals surface area contributed by atoms with Crippen LogP contribution in [0.2, 0.25) is 0 Å². The van der Waals surface area contributed by atoms with Gasteiger partial charge in [0.15, 0.2) is 11.6 Å². The van der Waals surface area contributed by atoms with Gasteiger partial charge in [-0.15, -0.1) is 0 Å². The van der Waals surface area contributed by atoms with Crippen LogP contribution in [0.4, 0.5) is 11.6 Å². The van der Waals surface area contributed by atoms with Gasteiger partial charge in [-0.05, 0) is 32.1 Å². The van der Waals surface area contributed by atoms with Gasteiger partial charge in [-0.1, -0.05) is 13.8 Å². The molecule has 5 heteroatoms. The second-order valence-corrected chi connectivity index (χ2v) is 5.56. The van der Waals surface area contributed by atoms with Gasteiger partial charge in [0.1, 0.15) is 6.33 Å². The van der Waals surface area contributed by atoms with E-state index in [1.807, 2.05) is 0 Å². The molecule has 2 atom stereocenters. The fourth-order valence-corrected chi connectivity index (χ4v) is 2.76. The molecule has 1 saturated heterocycles. The van der Waals surface area contributed by atoms with Crippen molar-refractivity contribution in [3.05, 3.63) is 6.33 Å². The van der Waals surface area contributed by atoms with E-state index < -0.39 is 0 Å². The van der Waals surface area contributed by atoms with Crippen LogP contribution in [0, 0.1) is 5.92 Å². The molecule has 2 rings (SSSR count). The molecule has 1 aliphatic rings. The summed E-state index contributed by atoms with van der Waals surface area (Å²) in [5, 5.41) is 3.32. The largest absolute Gasteiger partial charge is 0.490 e. The lowest BCUT2D eigenvalue weighted by Crippen LogP contribution is -2.43. The highest BCUT2D eigenvalue weighted by Crippen LogP contribution is 2.36. The van der Waals surface area contributed by atoms with Crippen LogP contribution in [-0.2, 0) is 0 Å². The average Bonchev–Trinajstić information content (AvgIpc) is 2.47. The van der Waals surface area contributed by atoms with Crippen molar-refractivity contribution in [1.82, 2.24) is 9.97 Å². The molecule has 0 radical (unpaired) electrons. The van der Waals surface area contributed by atoms with E-state index >= 15 is 0 Å². The molecular formula is C15H26N4O. The third-order valence-corrected chi connectivity index (χ3v) is 4.18. The van der Waals surface area contributed by atoms with Gasteiger partial charge in [0.2, 0.25) is 5.75 Å². The van der Waals surface area contributed by atoms with Crippen molar-refractivity contribution in [2.24, 2.45) is 5.92 Å². The van der Waals surface area contributed by atoms with E-state index in [-0.39, 0.29) is 0 Å². The second-order valence-electron chi connectivity index (χ2n) is 5.56. The van der Waals surface area contributed by atoms with E-state index in [0.29, 0.717) is 12.0 Å². The lowest BCUT2D eigenvalue weighted by molar-refractivity contribution is 0.353. The lowest BCUT2D eigenvalue weighted by atomic mass is 9.92. The van der Waals surface area contributed by atoms with Gasteiger partial charge >= 0.3 is 0 Å². The maximum Gasteiger partial charge on any atom is 0.204 e.